The van der Waals surface area contributed by atoms with Crippen molar-refractivity contribution < 1.29 is 9.26 Å². The van der Waals surface area contributed by atoms with E-state index in [0.717, 1.165) is 22.3 Å². The van der Waals surface area contributed by atoms with Gasteiger partial charge in [0.05, 0.1) is 18.1 Å². The van der Waals surface area contributed by atoms with Gasteiger partial charge in [0.1, 0.15) is 5.75 Å². The van der Waals surface area contributed by atoms with Gasteiger partial charge in [0.15, 0.2) is 5.82 Å². The van der Waals surface area contributed by atoms with Crippen molar-refractivity contribution in [2.24, 2.45) is 0 Å². The van der Waals surface area contributed by atoms with E-state index in [1.165, 1.54) is 0 Å². The Hall–Kier alpha value is -1.40. The number of rotatable bonds is 5. The lowest BCUT2D eigenvalue weighted by molar-refractivity contribution is 0.411. The van der Waals surface area contributed by atoms with Crippen molar-refractivity contribution >= 4 is 15.9 Å². The number of methoxy groups -OCH3 is 1. The fourth-order valence-corrected chi connectivity index (χ4v) is 2.02. The standard InChI is InChI=1S/C12H14BrN3O2/c1-3-14-7-11-15-12(18-16-11)8-4-5-10(17-2)9(13)6-8/h4-6,14H,3,7H2,1-2H3. The van der Waals surface area contributed by atoms with Crippen molar-refractivity contribution in [1.82, 2.24) is 15.5 Å². The van der Waals surface area contributed by atoms with E-state index in [1.807, 2.05) is 25.1 Å². The van der Waals surface area contributed by atoms with Crippen LogP contribution >= 0.6 is 15.9 Å². The Labute approximate surface area is 114 Å². The summed E-state index contributed by atoms with van der Waals surface area (Å²) in [6, 6.07) is 5.63. The largest absolute Gasteiger partial charge is 0.496 e. The number of hydrogen-bond donors (Lipinski definition) is 1. The van der Waals surface area contributed by atoms with Gasteiger partial charge in [0.2, 0.25) is 0 Å². The molecule has 1 aromatic carbocycles. The lowest BCUT2D eigenvalue weighted by Gasteiger charge is -2.03. The van der Waals surface area contributed by atoms with Crippen molar-refractivity contribution in [1.29, 1.82) is 0 Å². The molecule has 0 atom stereocenters. The summed E-state index contributed by atoms with van der Waals surface area (Å²) in [7, 11) is 1.63. The lowest BCUT2D eigenvalue weighted by Crippen LogP contribution is -2.12. The van der Waals surface area contributed by atoms with Crippen molar-refractivity contribution in [2.75, 3.05) is 13.7 Å². The molecule has 0 aliphatic carbocycles. The van der Waals surface area contributed by atoms with Crippen LogP contribution in [0.15, 0.2) is 27.2 Å². The van der Waals surface area contributed by atoms with Gasteiger partial charge >= 0.3 is 0 Å². The third kappa shape index (κ3) is 2.88. The van der Waals surface area contributed by atoms with Crippen LogP contribution in [0, 0.1) is 0 Å². The molecule has 5 nitrogen and oxygen atoms in total. The van der Waals surface area contributed by atoms with Gasteiger partial charge in [-0.25, -0.2) is 0 Å². The number of halogens is 1. The van der Waals surface area contributed by atoms with E-state index >= 15 is 0 Å². The molecule has 96 valence electrons. The van der Waals surface area contributed by atoms with E-state index in [4.69, 9.17) is 9.26 Å². The highest BCUT2D eigenvalue weighted by Crippen LogP contribution is 2.29. The van der Waals surface area contributed by atoms with E-state index in [1.54, 1.807) is 7.11 Å². The average molecular weight is 312 g/mol. The van der Waals surface area contributed by atoms with Crippen LogP contribution in [0.3, 0.4) is 0 Å². The molecule has 0 aliphatic rings. The van der Waals surface area contributed by atoms with E-state index in [2.05, 4.69) is 31.4 Å². The topological polar surface area (TPSA) is 60.2 Å². The Bertz CT molecular complexity index is 528. The summed E-state index contributed by atoms with van der Waals surface area (Å²) in [6.07, 6.45) is 0. The van der Waals surface area contributed by atoms with E-state index in [0.29, 0.717) is 18.3 Å². The van der Waals surface area contributed by atoms with Crippen LogP contribution in [0.25, 0.3) is 11.5 Å². The van der Waals surface area contributed by atoms with Crippen molar-refractivity contribution in [2.45, 2.75) is 13.5 Å². The molecule has 1 aromatic heterocycles. The van der Waals surface area contributed by atoms with Gasteiger partial charge in [-0.3, -0.25) is 0 Å². The molecular weight excluding hydrogens is 298 g/mol. The van der Waals surface area contributed by atoms with Gasteiger partial charge in [0.25, 0.3) is 5.89 Å². The van der Waals surface area contributed by atoms with E-state index < -0.39 is 0 Å². The second-order valence-electron chi connectivity index (χ2n) is 3.65. The molecule has 0 radical (unpaired) electrons. The van der Waals surface area contributed by atoms with E-state index in [9.17, 15) is 0 Å². The number of benzene rings is 1. The van der Waals surface area contributed by atoms with Crippen molar-refractivity contribution in [3.63, 3.8) is 0 Å². The first-order valence-electron chi connectivity index (χ1n) is 5.61. The molecule has 0 spiro atoms. The molecule has 1 N–H and O–H groups in total. The molecule has 0 aliphatic heterocycles. The van der Waals surface area contributed by atoms with Crippen molar-refractivity contribution in [3.8, 4) is 17.2 Å². The maximum absolute atomic E-state index is 5.21. The highest BCUT2D eigenvalue weighted by Gasteiger charge is 2.10. The molecule has 2 aromatic rings. The summed E-state index contributed by atoms with van der Waals surface area (Å²) >= 11 is 3.43. The van der Waals surface area contributed by atoms with Crippen LogP contribution in [-0.2, 0) is 6.54 Å². The smallest absolute Gasteiger partial charge is 0.258 e. The molecule has 0 amide bonds. The van der Waals surface area contributed by atoms with Crippen LogP contribution in [-0.4, -0.2) is 23.8 Å². The summed E-state index contributed by atoms with van der Waals surface area (Å²) in [5.41, 5.74) is 0.859. The Balaban J connectivity index is 2.20. The summed E-state index contributed by atoms with van der Waals surface area (Å²) in [5, 5.41) is 7.05. The predicted octanol–water partition coefficient (Wildman–Crippen LogP) is 2.62. The molecule has 2 rings (SSSR count). The van der Waals surface area contributed by atoms with Crippen LogP contribution in [0.2, 0.25) is 0 Å². The predicted molar refractivity (Wildman–Crippen MR) is 71.4 cm³/mol. The average Bonchev–Trinajstić information content (AvgIpc) is 2.85. The fraction of sp³-hybridized carbons (Fsp3) is 0.333. The fourth-order valence-electron chi connectivity index (χ4n) is 1.48. The summed E-state index contributed by atoms with van der Waals surface area (Å²) in [5.74, 6) is 1.93. The summed E-state index contributed by atoms with van der Waals surface area (Å²) < 4.78 is 11.2. The van der Waals surface area contributed by atoms with E-state index in [-0.39, 0.29) is 0 Å². The van der Waals surface area contributed by atoms with Crippen LogP contribution < -0.4 is 10.1 Å². The Morgan fingerprint density at radius 3 is 2.94 bits per heavy atom. The zero-order valence-corrected chi connectivity index (χ0v) is 11.8. The number of nitrogens with zero attached hydrogens (tertiary/aromatic N) is 2. The lowest BCUT2D eigenvalue weighted by atomic mass is 10.2. The third-order valence-electron chi connectivity index (χ3n) is 2.40. The Morgan fingerprint density at radius 1 is 1.44 bits per heavy atom. The first-order chi connectivity index (χ1) is 8.74. The van der Waals surface area contributed by atoms with Gasteiger partial charge in [-0.1, -0.05) is 12.1 Å². The Morgan fingerprint density at radius 2 is 2.28 bits per heavy atom. The summed E-state index contributed by atoms with van der Waals surface area (Å²) in [6.45, 7) is 3.51. The number of hydrogen-bond acceptors (Lipinski definition) is 5. The highest BCUT2D eigenvalue weighted by molar-refractivity contribution is 9.10. The van der Waals surface area contributed by atoms with Gasteiger partial charge in [-0.15, -0.1) is 0 Å². The minimum absolute atomic E-state index is 0.506. The third-order valence-corrected chi connectivity index (χ3v) is 3.02. The first kappa shape index (κ1) is 13.0. The number of nitrogens with one attached hydrogen (secondary N) is 1. The zero-order valence-electron chi connectivity index (χ0n) is 10.2. The SMILES string of the molecule is CCNCc1noc(-c2ccc(OC)c(Br)c2)n1. The molecule has 0 saturated carbocycles. The molecule has 1 heterocycles. The molecule has 6 heteroatoms. The normalized spacial score (nSPS) is 10.6. The molecule has 18 heavy (non-hydrogen) atoms. The molecule has 0 saturated heterocycles. The van der Waals surface area contributed by atoms with Gasteiger partial charge in [-0.2, -0.15) is 4.98 Å². The monoisotopic (exact) mass is 311 g/mol. The highest BCUT2D eigenvalue weighted by atomic mass is 79.9. The quantitative estimate of drug-likeness (QED) is 0.919. The molecule has 0 fully saturated rings. The first-order valence-corrected chi connectivity index (χ1v) is 6.41. The second-order valence-corrected chi connectivity index (χ2v) is 4.50. The van der Waals surface area contributed by atoms with Crippen molar-refractivity contribution in [3.05, 3.63) is 28.5 Å². The number of aromatic nitrogens is 2. The van der Waals surface area contributed by atoms with Gasteiger partial charge in [0, 0.05) is 5.56 Å². The molecule has 0 unspecified atom stereocenters. The maximum atomic E-state index is 5.21. The number of ether oxygens (including phenoxy) is 1. The van der Waals surface area contributed by atoms with Crippen LogP contribution in [0.4, 0.5) is 0 Å². The molecule has 0 bridgehead atoms. The maximum Gasteiger partial charge on any atom is 0.258 e. The van der Waals surface area contributed by atoms with Crippen LogP contribution in [0.5, 0.6) is 5.75 Å². The van der Waals surface area contributed by atoms with Crippen LogP contribution in [0.1, 0.15) is 12.7 Å². The second kappa shape index (κ2) is 5.97. The van der Waals surface area contributed by atoms with Gasteiger partial charge < -0.3 is 14.6 Å². The summed E-state index contributed by atoms with van der Waals surface area (Å²) in [4.78, 5) is 4.31. The minimum Gasteiger partial charge on any atom is -0.496 e. The Kier molecular flexibility index (Phi) is 4.33. The van der Waals surface area contributed by atoms with Gasteiger partial charge in [-0.05, 0) is 40.7 Å². The zero-order chi connectivity index (χ0) is 13.0. The molecular formula is C12H14BrN3O2. The minimum atomic E-state index is 0.506.